The Labute approximate surface area is 77.8 Å². The van der Waals surface area contributed by atoms with Crippen molar-refractivity contribution in [1.29, 1.82) is 0 Å². The minimum atomic E-state index is -0.414. The van der Waals surface area contributed by atoms with Crippen molar-refractivity contribution in [1.82, 2.24) is 0 Å². The van der Waals surface area contributed by atoms with E-state index in [1.165, 1.54) is 6.92 Å². The zero-order valence-corrected chi connectivity index (χ0v) is 8.24. The molecule has 0 saturated carbocycles. The maximum Gasteiger partial charge on any atom is 0.242 e. The summed E-state index contributed by atoms with van der Waals surface area (Å²) in [7, 11) is 0. The average Bonchev–Trinajstić information content (AvgIpc) is 1.96. The van der Waals surface area contributed by atoms with Gasteiger partial charge in [0.2, 0.25) is 5.70 Å². The number of hydrogen-bond acceptors (Lipinski definition) is 3. The lowest BCUT2D eigenvalue weighted by molar-refractivity contribution is -0.428. The fourth-order valence-electron chi connectivity index (χ4n) is 0.924. The highest BCUT2D eigenvalue weighted by molar-refractivity contribution is 5.75. The number of nitrogens with zero attached hydrogens (tertiary/aromatic N) is 1. The van der Waals surface area contributed by atoms with Gasteiger partial charge in [0.1, 0.15) is 5.78 Å². The van der Waals surface area contributed by atoms with E-state index in [4.69, 9.17) is 0 Å². The molecule has 0 amide bonds. The van der Waals surface area contributed by atoms with Gasteiger partial charge in [0.15, 0.2) is 0 Å². The first-order valence-corrected chi connectivity index (χ1v) is 4.28. The lowest BCUT2D eigenvalue weighted by atomic mass is 10.1. The third-order valence-electron chi connectivity index (χ3n) is 1.49. The quantitative estimate of drug-likeness (QED) is 0.487. The summed E-state index contributed by atoms with van der Waals surface area (Å²) in [5.41, 5.74) is 0.144. The molecule has 0 aliphatic carbocycles. The number of carbonyl (C=O) groups excluding carboxylic acids is 1. The fourth-order valence-corrected chi connectivity index (χ4v) is 0.924. The summed E-state index contributed by atoms with van der Waals surface area (Å²) in [4.78, 5) is 20.7. The maximum atomic E-state index is 10.6. The number of ketones is 1. The largest absolute Gasteiger partial charge is 0.300 e. The van der Waals surface area contributed by atoms with E-state index in [1.807, 2.05) is 13.8 Å². The van der Waals surface area contributed by atoms with E-state index in [2.05, 4.69) is 0 Å². The summed E-state index contributed by atoms with van der Waals surface area (Å²) in [6.45, 7) is 5.18. The molecule has 0 rings (SSSR count). The summed E-state index contributed by atoms with van der Waals surface area (Å²) in [5.74, 6) is 0.129. The van der Waals surface area contributed by atoms with Gasteiger partial charge in [-0.3, -0.25) is 10.1 Å². The van der Waals surface area contributed by atoms with Crippen LogP contribution < -0.4 is 0 Å². The Bertz CT molecular complexity index is 231. The van der Waals surface area contributed by atoms with Gasteiger partial charge in [-0.05, 0) is 18.9 Å². The average molecular weight is 185 g/mol. The molecule has 0 aliphatic rings. The van der Waals surface area contributed by atoms with Crippen molar-refractivity contribution < 1.29 is 9.72 Å². The Balaban J connectivity index is 4.27. The standard InChI is InChI=1S/C9H15NO3/c1-7(2)6-9(10(12)13)5-4-8(3)11/h6-7H,4-5H2,1-3H3/b9-6+. The molecule has 0 atom stereocenters. The molecule has 0 unspecified atom stereocenters. The molecule has 4 nitrogen and oxygen atoms in total. The van der Waals surface area contributed by atoms with E-state index < -0.39 is 4.92 Å². The number of hydrogen-bond donors (Lipinski definition) is 0. The fraction of sp³-hybridized carbons (Fsp3) is 0.667. The van der Waals surface area contributed by atoms with Crippen molar-refractivity contribution in [3.63, 3.8) is 0 Å². The van der Waals surface area contributed by atoms with Crippen LogP contribution in [0, 0.1) is 16.0 Å². The Hall–Kier alpha value is -1.19. The molecule has 0 heterocycles. The SMILES string of the molecule is CC(=O)CC/C(=C\C(C)C)[N+](=O)[O-]. The van der Waals surface area contributed by atoms with Crippen molar-refractivity contribution in [3.8, 4) is 0 Å². The second-order valence-corrected chi connectivity index (χ2v) is 3.36. The monoisotopic (exact) mass is 185 g/mol. The van der Waals surface area contributed by atoms with Crippen molar-refractivity contribution in [3.05, 3.63) is 21.9 Å². The Kier molecular flexibility index (Phi) is 4.96. The Morgan fingerprint density at radius 1 is 1.46 bits per heavy atom. The summed E-state index contributed by atoms with van der Waals surface area (Å²) >= 11 is 0. The summed E-state index contributed by atoms with van der Waals surface area (Å²) < 4.78 is 0. The van der Waals surface area contributed by atoms with Crippen LogP contribution in [-0.2, 0) is 4.79 Å². The van der Waals surface area contributed by atoms with Crippen LogP contribution in [0.4, 0.5) is 0 Å². The second-order valence-electron chi connectivity index (χ2n) is 3.36. The third kappa shape index (κ3) is 6.02. The first-order valence-electron chi connectivity index (χ1n) is 4.28. The first-order chi connectivity index (χ1) is 5.93. The molecule has 0 N–H and O–H groups in total. The first kappa shape index (κ1) is 11.8. The van der Waals surface area contributed by atoms with E-state index in [0.717, 1.165) is 0 Å². The van der Waals surface area contributed by atoms with Crippen LogP contribution in [0.3, 0.4) is 0 Å². The number of allylic oxidation sites excluding steroid dienone is 2. The predicted octanol–water partition coefficient (Wildman–Crippen LogP) is 2.17. The molecule has 0 bridgehead atoms. The van der Waals surface area contributed by atoms with Crippen molar-refractivity contribution in [2.45, 2.75) is 33.6 Å². The van der Waals surface area contributed by atoms with Gasteiger partial charge in [-0.25, -0.2) is 0 Å². The summed E-state index contributed by atoms with van der Waals surface area (Å²) in [5, 5.41) is 10.5. The summed E-state index contributed by atoms with van der Waals surface area (Å²) in [6, 6.07) is 0. The van der Waals surface area contributed by atoms with Gasteiger partial charge in [-0.15, -0.1) is 0 Å². The molecule has 4 heteroatoms. The van der Waals surface area contributed by atoms with Crippen LogP contribution in [0.1, 0.15) is 33.6 Å². The molecule has 0 aromatic carbocycles. The smallest absolute Gasteiger partial charge is 0.242 e. The topological polar surface area (TPSA) is 60.2 Å². The van der Waals surface area contributed by atoms with Crippen molar-refractivity contribution in [2.75, 3.05) is 0 Å². The van der Waals surface area contributed by atoms with Crippen LogP contribution in [0.5, 0.6) is 0 Å². The van der Waals surface area contributed by atoms with Gasteiger partial charge >= 0.3 is 0 Å². The molecular weight excluding hydrogens is 170 g/mol. The van der Waals surface area contributed by atoms with E-state index in [0.29, 0.717) is 0 Å². The number of nitro groups is 1. The molecule has 0 aromatic heterocycles. The minimum absolute atomic E-state index is 0.0171. The number of Topliss-reactive ketones (excluding diaryl/α,β-unsaturated/α-hetero) is 1. The maximum absolute atomic E-state index is 10.6. The molecule has 0 aromatic rings. The van der Waals surface area contributed by atoms with Crippen LogP contribution >= 0.6 is 0 Å². The Morgan fingerprint density at radius 2 is 2.00 bits per heavy atom. The molecule has 0 fully saturated rings. The van der Waals surface area contributed by atoms with E-state index >= 15 is 0 Å². The van der Waals surface area contributed by atoms with Crippen molar-refractivity contribution in [2.24, 2.45) is 5.92 Å². The van der Waals surface area contributed by atoms with E-state index in [9.17, 15) is 14.9 Å². The van der Waals surface area contributed by atoms with Crippen LogP contribution in [0.15, 0.2) is 11.8 Å². The van der Waals surface area contributed by atoms with E-state index in [-0.39, 0.29) is 30.2 Å². The van der Waals surface area contributed by atoms with Crippen LogP contribution in [0.2, 0.25) is 0 Å². The summed E-state index contributed by atoms with van der Waals surface area (Å²) in [6.07, 6.45) is 2.07. The second kappa shape index (κ2) is 5.45. The van der Waals surface area contributed by atoms with Gasteiger partial charge in [-0.2, -0.15) is 0 Å². The normalized spacial score (nSPS) is 11.8. The number of carbonyl (C=O) groups is 1. The van der Waals surface area contributed by atoms with Gasteiger partial charge in [0, 0.05) is 12.8 Å². The van der Waals surface area contributed by atoms with Crippen LogP contribution in [0.25, 0.3) is 0 Å². The zero-order valence-electron chi connectivity index (χ0n) is 8.24. The van der Waals surface area contributed by atoms with Gasteiger partial charge in [-0.1, -0.05) is 13.8 Å². The van der Waals surface area contributed by atoms with Crippen molar-refractivity contribution >= 4 is 5.78 Å². The van der Waals surface area contributed by atoms with Gasteiger partial charge in [0.05, 0.1) is 4.92 Å². The van der Waals surface area contributed by atoms with Crippen LogP contribution in [-0.4, -0.2) is 10.7 Å². The molecule has 0 aliphatic heterocycles. The highest BCUT2D eigenvalue weighted by Gasteiger charge is 2.11. The third-order valence-corrected chi connectivity index (χ3v) is 1.49. The highest BCUT2D eigenvalue weighted by atomic mass is 16.6. The zero-order chi connectivity index (χ0) is 10.4. The lowest BCUT2D eigenvalue weighted by Gasteiger charge is -1.98. The van der Waals surface area contributed by atoms with Gasteiger partial charge in [0.25, 0.3) is 0 Å². The molecule has 0 spiro atoms. The Morgan fingerprint density at radius 3 is 2.31 bits per heavy atom. The molecule has 0 saturated heterocycles. The molecular formula is C9H15NO3. The van der Waals surface area contributed by atoms with E-state index in [1.54, 1.807) is 6.08 Å². The minimum Gasteiger partial charge on any atom is -0.300 e. The number of rotatable bonds is 5. The van der Waals surface area contributed by atoms with Gasteiger partial charge < -0.3 is 4.79 Å². The predicted molar refractivity (Wildman–Crippen MR) is 49.8 cm³/mol. The highest BCUT2D eigenvalue weighted by Crippen LogP contribution is 2.10. The lowest BCUT2D eigenvalue weighted by Crippen LogP contribution is -2.03. The molecule has 0 radical (unpaired) electrons. The molecule has 13 heavy (non-hydrogen) atoms. The molecule has 74 valence electrons.